The lowest BCUT2D eigenvalue weighted by molar-refractivity contribution is -0.137. The molecule has 0 radical (unpaired) electrons. The highest BCUT2D eigenvalue weighted by Gasteiger charge is 2.45. The van der Waals surface area contributed by atoms with Gasteiger partial charge in [0.2, 0.25) is 5.88 Å². The van der Waals surface area contributed by atoms with Gasteiger partial charge in [-0.25, -0.2) is 14.4 Å². The number of nitrogens with one attached hydrogen (secondary N) is 1. The SMILES string of the molecule is CC.Cc1nc(N)cc(-c2nc(OC(C)CC3CCN3)c3c(N)nc(OCC4(CN5CCOCC5)CC4)nc3c2F)c1C(F)(F)F. The number of ether oxygens (including phenoxy) is 3. The first-order valence-electron chi connectivity index (χ1n) is 15.8. The van der Waals surface area contributed by atoms with Crippen LogP contribution < -0.4 is 26.3 Å². The Morgan fingerprint density at radius 3 is 2.43 bits per heavy atom. The topological polar surface area (TPSA) is 147 Å². The Morgan fingerprint density at radius 2 is 1.83 bits per heavy atom. The summed E-state index contributed by atoms with van der Waals surface area (Å²) in [4.78, 5) is 18.9. The van der Waals surface area contributed by atoms with Crippen LogP contribution in [0.2, 0.25) is 0 Å². The molecule has 3 aromatic heterocycles. The highest BCUT2D eigenvalue weighted by molar-refractivity contribution is 5.95. The van der Waals surface area contributed by atoms with Crippen molar-refractivity contribution in [1.82, 2.24) is 30.2 Å². The van der Waals surface area contributed by atoms with E-state index in [-0.39, 0.29) is 52.5 Å². The number of anilines is 2. The van der Waals surface area contributed by atoms with Crippen molar-refractivity contribution in [3.8, 4) is 23.1 Å². The van der Waals surface area contributed by atoms with Crippen LogP contribution in [0.5, 0.6) is 11.9 Å². The van der Waals surface area contributed by atoms with Crippen LogP contribution >= 0.6 is 0 Å². The lowest BCUT2D eigenvalue weighted by Gasteiger charge is -2.30. The number of aryl methyl sites for hydroxylation is 1. The maximum Gasteiger partial charge on any atom is 0.418 e. The van der Waals surface area contributed by atoms with Gasteiger partial charge in [0.15, 0.2) is 5.82 Å². The molecule has 0 bridgehead atoms. The van der Waals surface area contributed by atoms with Gasteiger partial charge in [0, 0.05) is 36.7 Å². The maximum atomic E-state index is 16.4. The summed E-state index contributed by atoms with van der Waals surface area (Å²) in [5, 5.41) is 3.23. The molecule has 6 rings (SSSR count). The highest BCUT2D eigenvalue weighted by Crippen LogP contribution is 2.47. The number of nitrogens with two attached hydrogens (primary N) is 2. The average Bonchev–Trinajstić information content (AvgIpc) is 3.75. The van der Waals surface area contributed by atoms with Crippen molar-refractivity contribution >= 4 is 22.5 Å². The molecule has 11 nitrogen and oxygen atoms in total. The second kappa shape index (κ2) is 13.7. The van der Waals surface area contributed by atoms with Crippen molar-refractivity contribution in [2.45, 2.75) is 71.7 Å². The van der Waals surface area contributed by atoms with Gasteiger partial charge >= 0.3 is 12.2 Å². The van der Waals surface area contributed by atoms with E-state index in [0.29, 0.717) is 19.6 Å². The van der Waals surface area contributed by atoms with Crippen LogP contribution in [0.3, 0.4) is 0 Å². The van der Waals surface area contributed by atoms with Crippen LogP contribution in [0.25, 0.3) is 22.2 Å². The molecule has 0 amide bonds. The van der Waals surface area contributed by atoms with E-state index in [2.05, 4.69) is 30.2 Å². The predicted octanol–water partition coefficient (Wildman–Crippen LogP) is 4.75. The van der Waals surface area contributed by atoms with E-state index >= 15 is 4.39 Å². The van der Waals surface area contributed by atoms with Crippen LogP contribution in [0.1, 0.15) is 57.7 Å². The molecule has 15 heteroatoms. The minimum Gasteiger partial charge on any atom is -0.474 e. The molecular formula is C31H42F4N8O3. The van der Waals surface area contributed by atoms with Crippen LogP contribution in [0.15, 0.2) is 6.07 Å². The zero-order valence-electron chi connectivity index (χ0n) is 26.6. The number of halogens is 4. The second-order valence-electron chi connectivity index (χ2n) is 12.0. The van der Waals surface area contributed by atoms with E-state index < -0.39 is 40.6 Å². The number of hydrogen-bond acceptors (Lipinski definition) is 11. The lowest BCUT2D eigenvalue weighted by atomic mass is 10.0. The van der Waals surface area contributed by atoms with E-state index in [0.717, 1.165) is 58.4 Å². The molecule has 46 heavy (non-hydrogen) atoms. The second-order valence-corrected chi connectivity index (χ2v) is 12.0. The minimum atomic E-state index is -4.87. The van der Waals surface area contributed by atoms with Gasteiger partial charge in [-0.3, -0.25) is 4.90 Å². The van der Waals surface area contributed by atoms with E-state index in [4.69, 9.17) is 25.7 Å². The summed E-state index contributed by atoms with van der Waals surface area (Å²) >= 11 is 0. The molecule has 0 spiro atoms. The van der Waals surface area contributed by atoms with Gasteiger partial charge in [-0.05, 0) is 52.1 Å². The van der Waals surface area contributed by atoms with Gasteiger partial charge in [0.05, 0.1) is 37.2 Å². The zero-order chi connectivity index (χ0) is 33.2. The largest absolute Gasteiger partial charge is 0.474 e. The molecule has 1 saturated carbocycles. The number of fused-ring (bicyclic) bond motifs is 1. The van der Waals surface area contributed by atoms with E-state index in [1.54, 1.807) is 6.92 Å². The molecule has 5 heterocycles. The number of pyridine rings is 2. The Bertz CT molecular complexity index is 1540. The van der Waals surface area contributed by atoms with Crippen molar-refractivity contribution in [1.29, 1.82) is 0 Å². The number of alkyl halides is 3. The summed E-state index contributed by atoms with van der Waals surface area (Å²) < 4.78 is 76.6. The normalized spacial score (nSPS) is 20.0. The molecule has 3 aliphatic rings. The smallest absolute Gasteiger partial charge is 0.418 e. The third kappa shape index (κ3) is 7.36. The number of aromatic nitrogens is 4. The molecule has 0 aromatic carbocycles. The number of nitrogens with zero attached hydrogens (tertiary/aromatic N) is 5. The molecule has 1 aliphatic carbocycles. The Kier molecular flexibility index (Phi) is 10.0. The quantitative estimate of drug-likeness (QED) is 0.261. The molecule has 3 fully saturated rings. The van der Waals surface area contributed by atoms with Gasteiger partial charge in [0.25, 0.3) is 0 Å². The molecule has 3 aromatic rings. The van der Waals surface area contributed by atoms with Crippen LogP contribution in [0.4, 0.5) is 29.2 Å². The molecule has 252 valence electrons. The number of nitrogen functional groups attached to an aromatic ring is 2. The van der Waals surface area contributed by atoms with Crippen LogP contribution in [-0.4, -0.2) is 83.0 Å². The van der Waals surface area contributed by atoms with Gasteiger partial charge in [0.1, 0.15) is 28.2 Å². The molecular weight excluding hydrogens is 608 g/mol. The van der Waals surface area contributed by atoms with E-state index in [1.807, 2.05) is 13.8 Å². The Morgan fingerprint density at radius 1 is 1.13 bits per heavy atom. The summed E-state index contributed by atoms with van der Waals surface area (Å²) in [6, 6.07) is 0.984. The Hall–Kier alpha value is -3.56. The molecule has 5 N–H and O–H groups in total. The minimum absolute atomic E-state index is 0.0474. The number of hydrogen-bond donors (Lipinski definition) is 3. The van der Waals surface area contributed by atoms with Gasteiger partial charge in [-0.1, -0.05) is 13.8 Å². The van der Waals surface area contributed by atoms with Crippen molar-refractivity contribution in [2.75, 3.05) is 57.5 Å². The first-order chi connectivity index (χ1) is 21.9. The molecule has 2 unspecified atom stereocenters. The fraction of sp³-hybridized carbons (Fsp3) is 0.613. The third-order valence-electron chi connectivity index (χ3n) is 8.50. The number of rotatable bonds is 10. The zero-order valence-corrected chi connectivity index (χ0v) is 26.6. The summed E-state index contributed by atoms with van der Waals surface area (Å²) in [6.45, 7) is 12.0. The maximum absolute atomic E-state index is 16.4. The van der Waals surface area contributed by atoms with E-state index in [1.165, 1.54) is 0 Å². The van der Waals surface area contributed by atoms with Gasteiger partial charge in [-0.15, -0.1) is 0 Å². The van der Waals surface area contributed by atoms with E-state index in [9.17, 15) is 13.2 Å². The van der Waals surface area contributed by atoms with Crippen molar-refractivity contribution in [2.24, 2.45) is 5.41 Å². The highest BCUT2D eigenvalue weighted by atomic mass is 19.4. The number of morpholine rings is 1. The summed E-state index contributed by atoms with van der Waals surface area (Å²) in [7, 11) is 0. The predicted molar refractivity (Wildman–Crippen MR) is 166 cm³/mol. The fourth-order valence-corrected chi connectivity index (χ4v) is 5.88. The summed E-state index contributed by atoms with van der Waals surface area (Å²) in [5.74, 6) is -1.70. The monoisotopic (exact) mass is 650 g/mol. The average molecular weight is 651 g/mol. The van der Waals surface area contributed by atoms with Gasteiger partial charge < -0.3 is 31.0 Å². The van der Waals surface area contributed by atoms with Crippen molar-refractivity contribution < 1.29 is 31.8 Å². The summed E-state index contributed by atoms with van der Waals surface area (Å²) in [5.41, 5.74) is 8.89. The first kappa shape index (κ1) is 33.8. The lowest BCUT2D eigenvalue weighted by Crippen LogP contribution is -2.45. The molecule has 2 atom stereocenters. The molecule has 2 saturated heterocycles. The van der Waals surface area contributed by atoms with Crippen molar-refractivity contribution in [3.63, 3.8) is 0 Å². The van der Waals surface area contributed by atoms with Crippen LogP contribution in [-0.2, 0) is 10.9 Å². The Balaban J connectivity index is 0.00000204. The third-order valence-corrected chi connectivity index (χ3v) is 8.50. The fourth-order valence-electron chi connectivity index (χ4n) is 5.88. The first-order valence-corrected chi connectivity index (χ1v) is 15.8. The molecule has 2 aliphatic heterocycles. The summed E-state index contributed by atoms with van der Waals surface area (Å²) in [6.07, 6.45) is -1.85. The standard InChI is InChI=1S/C29H36F4N8O3.C2H6/c1-15(11-17-3-6-36-17)44-26-20-24(22(30)23(38-26)18-12-19(34)37-16(2)21(18)29(31,32)33)39-27(40-25(20)35)43-14-28(4-5-28)13-41-7-9-42-10-8-41;1-2/h12,15,17,36H,3-11,13-14H2,1-2H3,(H2,34,37)(H2,35,39,40);1-2H3. The van der Waals surface area contributed by atoms with Crippen LogP contribution in [0, 0.1) is 18.2 Å². The Labute approximate surface area is 265 Å². The van der Waals surface area contributed by atoms with Gasteiger partial charge in [-0.2, -0.15) is 23.1 Å². The van der Waals surface area contributed by atoms with Crippen molar-refractivity contribution in [3.05, 3.63) is 23.1 Å².